The van der Waals surface area contributed by atoms with Crippen LogP contribution in [0, 0.1) is 12.7 Å². The number of benzene rings is 2. The molecule has 0 bridgehead atoms. The molecule has 2 aromatic carbocycles. The number of nitrogens with zero attached hydrogens (tertiary/aromatic N) is 1. The third kappa shape index (κ3) is 4.96. The summed E-state index contributed by atoms with van der Waals surface area (Å²) in [6.45, 7) is 2.50. The zero-order valence-electron chi connectivity index (χ0n) is 13.8. The molecule has 0 fully saturated rings. The number of nitrogens with one attached hydrogen (secondary N) is 1. The maximum absolute atomic E-state index is 12.9. The Bertz CT molecular complexity index is 689. The third-order valence-corrected chi connectivity index (χ3v) is 3.51. The van der Waals surface area contributed by atoms with Crippen LogP contribution in [-0.2, 0) is 6.54 Å². The van der Waals surface area contributed by atoms with Gasteiger partial charge in [0.25, 0.3) is 0 Å². The van der Waals surface area contributed by atoms with E-state index >= 15 is 0 Å². The van der Waals surface area contributed by atoms with Crippen LogP contribution in [0.4, 0.5) is 9.18 Å². The van der Waals surface area contributed by atoms with Gasteiger partial charge in [0.2, 0.25) is 0 Å². The van der Waals surface area contributed by atoms with Crippen LogP contribution in [0.3, 0.4) is 0 Å². The number of carbonyl (C=O) groups excluding carboxylic acids is 1. The van der Waals surface area contributed by atoms with Crippen LogP contribution in [0.15, 0.2) is 42.5 Å². The van der Waals surface area contributed by atoms with E-state index in [1.807, 2.05) is 25.1 Å². The van der Waals surface area contributed by atoms with Gasteiger partial charge in [-0.15, -0.1) is 0 Å². The summed E-state index contributed by atoms with van der Waals surface area (Å²) in [5, 5.41) is 11.6. The maximum Gasteiger partial charge on any atom is 0.317 e. The first kappa shape index (κ1) is 17.7. The molecule has 5 nitrogen and oxygen atoms in total. The fraction of sp³-hybridized carbons (Fsp3) is 0.278. The van der Waals surface area contributed by atoms with Crippen molar-refractivity contribution >= 4 is 6.03 Å². The zero-order chi connectivity index (χ0) is 17.5. The van der Waals surface area contributed by atoms with Crippen molar-refractivity contribution in [2.75, 3.05) is 20.2 Å². The minimum Gasteiger partial charge on any atom is -0.457 e. The van der Waals surface area contributed by atoms with Crippen molar-refractivity contribution in [2.45, 2.75) is 13.5 Å². The molecule has 0 aliphatic carbocycles. The van der Waals surface area contributed by atoms with E-state index in [9.17, 15) is 9.18 Å². The molecule has 0 aliphatic rings. The summed E-state index contributed by atoms with van der Waals surface area (Å²) in [4.78, 5) is 13.2. The number of likely N-dealkylation sites (N-methyl/N-ethyl adjacent to an activating group) is 1. The number of hydrogen-bond donors (Lipinski definition) is 2. The molecule has 0 radical (unpaired) electrons. The molecule has 2 rings (SSSR count). The van der Waals surface area contributed by atoms with Gasteiger partial charge in [0.1, 0.15) is 17.3 Å². The van der Waals surface area contributed by atoms with Crippen molar-refractivity contribution in [3.05, 3.63) is 59.4 Å². The Balaban J connectivity index is 1.96. The fourth-order valence-corrected chi connectivity index (χ4v) is 2.13. The molecule has 2 amide bonds. The molecule has 128 valence electrons. The summed E-state index contributed by atoms with van der Waals surface area (Å²) >= 11 is 0. The Morgan fingerprint density at radius 3 is 2.58 bits per heavy atom. The van der Waals surface area contributed by atoms with Gasteiger partial charge < -0.3 is 20.1 Å². The number of amides is 2. The highest BCUT2D eigenvalue weighted by Crippen LogP contribution is 2.25. The predicted octanol–water partition coefficient (Wildman–Crippen LogP) is 3.06. The molecule has 0 unspecified atom stereocenters. The summed E-state index contributed by atoms with van der Waals surface area (Å²) in [6, 6.07) is 11.2. The molecule has 0 atom stereocenters. The lowest BCUT2D eigenvalue weighted by Gasteiger charge is -2.17. The third-order valence-electron chi connectivity index (χ3n) is 3.51. The lowest BCUT2D eigenvalue weighted by Crippen LogP contribution is -2.38. The number of aliphatic hydroxyl groups excluding tert-OH is 1. The number of carbonyl (C=O) groups is 1. The predicted molar refractivity (Wildman–Crippen MR) is 89.6 cm³/mol. The lowest BCUT2D eigenvalue weighted by atomic mass is 10.1. The standard InChI is InChI=1S/C18H21FN2O3/c1-13-11-14(12-20-18(23)21(2)9-10-22)3-8-17(13)24-16-6-4-15(19)5-7-16/h3-8,11,22H,9-10,12H2,1-2H3,(H,20,23). The Labute approximate surface area is 140 Å². The van der Waals surface area contributed by atoms with E-state index in [1.165, 1.54) is 17.0 Å². The van der Waals surface area contributed by atoms with Gasteiger partial charge in [-0.2, -0.15) is 0 Å². The molecular weight excluding hydrogens is 311 g/mol. The number of ether oxygens (including phenoxy) is 1. The van der Waals surface area contributed by atoms with Crippen LogP contribution in [-0.4, -0.2) is 36.2 Å². The van der Waals surface area contributed by atoms with Gasteiger partial charge in [0, 0.05) is 20.1 Å². The van der Waals surface area contributed by atoms with Crippen molar-refractivity contribution in [2.24, 2.45) is 0 Å². The second kappa shape index (κ2) is 8.31. The molecule has 0 aromatic heterocycles. The van der Waals surface area contributed by atoms with Crippen LogP contribution in [0.25, 0.3) is 0 Å². The molecule has 6 heteroatoms. The average molecular weight is 332 g/mol. The number of halogens is 1. The maximum atomic E-state index is 12.9. The molecule has 2 N–H and O–H groups in total. The number of rotatable bonds is 6. The smallest absolute Gasteiger partial charge is 0.317 e. The second-order valence-electron chi connectivity index (χ2n) is 5.46. The first-order valence-electron chi connectivity index (χ1n) is 7.62. The normalized spacial score (nSPS) is 10.3. The molecule has 0 spiro atoms. The van der Waals surface area contributed by atoms with Gasteiger partial charge >= 0.3 is 6.03 Å². The average Bonchev–Trinajstić information content (AvgIpc) is 2.57. The summed E-state index contributed by atoms with van der Waals surface area (Å²) in [6.07, 6.45) is 0. The Morgan fingerprint density at radius 1 is 1.25 bits per heavy atom. The number of aliphatic hydroxyl groups is 1. The van der Waals surface area contributed by atoms with Gasteiger partial charge in [0.05, 0.1) is 6.61 Å². The van der Waals surface area contributed by atoms with Gasteiger partial charge in [0.15, 0.2) is 0 Å². The highest BCUT2D eigenvalue weighted by Gasteiger charge is 2.08. The summed E-state index contributed by atoms with van der Waals surface area (Å²) < 4.78 is 18.6. The van der Waals surface area contributed by atoms with Crippen molar-refractivity contribution in [1.82, 2.24) is 10.2 Å². The van der Waals surface area contributed by atoms with Gasteiger partial charge in [-0.1, -0.05) is 12.1 Å². The van der Waals surface area contributed by atoms with E-state index in [0.29, 0.717) is 18.0 Å². The number of hydrogen-bond acceptors (Lipinski definition) is 3. The second-order valence-corrected chi connectivity index (χ2v) is 5.46. The minimum atomic E-state index is -0.309. The SMILES string of the molecule is Cc1cc(CNC(=O)N(C)CCO)ccc1Oc1ccc(F)cc1. The quantitative estimate of drug-likeness (QED) is 0.855. The van der Waals surface area contributed by atoms with Crippen molar-refractivity contribution < 1.29 is 19.0 Å². The van der Waals surface area contributed by atoms with Crippen LogP contribution in [0.1, 0.15) is 11.1 Å². The zero-order valence-corrected chi connectivity index (χ0v) is 13.8. The van der Waals surface area contributed by atoms with E-state index in [4.69, 9.17) is 9.84 Å². The molecule has 0 heterocycles. The van der Waals surface area contributed by atoms with E-state index in [-0.39, 0.29) is 25.0 Å². The summed E-state index contributed by atoms with van der Waals surface area (Å²) in [5.74, 6) is 0.927. The van der Waals surface area contributed by atoms with Crippen molar-refractivity contribution in [1.29, 1.82) is 0 Å². The van der Waals surface area contributed by atoms with Crippen LogP contribution in [0.5, 0.6) is 11.5 Å². The largest absolute Gasteiger partial charge is 0.457 e. The van der Waals surface area contributed by atoms with E-state index in [2.05, 4.69) is 5.32 Å². The Hall–Kier alpha value is -2.60. The topological polar surface area (TPSA) is 61.8 Å². The van der Waals surface area contributed by atoms with Gasteiger partial charge in [-0.05, 0) is 48.4 Å². The van der Waals surface area contributed by atoms with Gasteiger partial charge in [-0.3, -0.25) is 0 Å². The van der Waals surface area contributed by atoms with Crippen LogP contribution < -0.4 is 10.1 Å². The summed E-state index contributed by atoms with van der Waals surface area (Å²) in [5.41, 5.74) is 1.85. The number of urea groups is 1. The molecule has 0 saturated heterocycles. The fourth-order valence-electron chi connectivity index (χ4n) is 2.13. The van der Waals surface area contributed by atoms with Gasteiger partial charge in [-0.25, -0.2) is 9.18 Å². The van der Waals surface area contributed by atoms with Crippen LogP contribution in [0.2, 0.25) is 0 Å². The van der Waals surface area contributed by atoms with Crippen molar-refractivity contribution in [3.63, 3.8) is 0 Å². The Kier molecular flexibility index (Phi) is 6.14. The minimum absolute atomic E-state index is 0.0710. The monoisotopic (exact) mass is 332 g/mol. The van der Waals surface area contributed by atoms with Crippen molar-refractivity contribution in [3.8, 4) is 11.5 Å². The lowest BCUT2D eigenvalue weighted by molar-refractivity contribution is 0.190. The highest BCUT2D eigenvalue weighted by atomic mass is 19.1. The van der Waals surface area contributed by atoms with E-state index in [1.54, 1.807) is 19.2 Å². The first-order valence-corrected chi connectivity index (χ1v) is 7.62. The number of aryl methyl sites for hydroxylation is 1. The molecule has 0 aliphatic heterocycles. The molecule has 24 heavy (non-hydrogen) atoms. The highest BCUT2D eigenvalue weighted by molar-refractivity contribution is 5.73. The van der Waals surface area contributed by atoms with E-state index in [0.717, 1.165) is 11.1 Å². The molecule has 0 saturated carbocycles. The molecule has 2 aromatic rings. The Morgan fingerprint density at radius 2 is 1.96 bits per heavy atom. The van der Waals surface area contributed by atoms with Crippen LogP contribution >= 0.6 is 0 Å². The van der Waals surface area contributed by atoms with E-state index < -0.39 is 0 Å². The molecular formula is C18H21FN2O3. The first-order chi connectivity index (χ1) is 11.5. The summed E-state index contributed by atoms with van der Waals surface area (Å²) in [7, 11) is 1.62.